The van der Waals surface area contributed by atoms with Crippen LogP contribution in [0.5, 0.6) is 0 Å². The summed E-state index contributed by atoms with van der Waals surface area (Å²) in [5.41, 5.74) is 0.967. The molecule has 0 radical (unpaired) electrons. The summed E-state index contributed by atoms with van der Waals surface area (Å²) in [5.74, 6) is -0.934. The SMILES string of the molecule is CC(=O)[C@@H](Cc1ccccc1)NC(=O)COC(=O)C1CCC1. The molecule has 5 heteroatoms. The predicted octanol–water partition coefficient (Wildman–Crippen LogP) is 1.65. The monoisotopic (exact) mass is 303 g/mol. The predicted molar refractivity (Wildman–Crippen MR) is 81.1 cm³/mol. The molecule has 1 aromatic carbocycles. The molecule has 1 N–H and O–H groups in total. The first-order valence-corrected chi connectivity index (χ1v) is 7.56. The van der Waals surface area contributed by atoms with Gasteiger partial charge in [-0.1, -0.05) is 36.8 Å². The molecule has 0 aromatic heterocycles. The normalized spacial score (nSPS) is 15.5. The molecule has 1 amide bonds. The topological polar surface area (TPSA) is 72.5 Å². The van der Waals surface area contributed by atoms with Gasteiger partial charge in [-0.05, 0) is 31.7 Å². The molecule has 0 saturated heterocycles. The number of carbonyl (C=O) groups is 3. The second kappa shape index (κ2) is 7.73. The largest absolute Gasteiger partial charge is 0.455 e. The summed E-state index contributed by atoms with van der Waals surface area (Å²) >= 11 is 0. The second-order valence-corrected chi connectivity index (χ2v) is 5.66. The third-order valence-corrected chi connectivity index (χ3v) is 3.89. The Morgan fingerprint density at radius 1 is 1.23 bits per heavy atom. The number of esters is 1. The maximum atomic E-state index is 11.8. The number of amides is 1. The summed E-state index contributed by atoms with van der Waals surface area (Å²) in [5, 5.41) is 2.63. The molecule has 1 aliphatic rings. The van der Waals surface area contributed by atoms with E-state index >= 15 is 0 Å². The lowest BCUT2D eigenvalue weighted by Crippen LogP contribution is -2.43. The Hall–Kier alpha value is -2.17. The summed E-state index contributed by atoms with van der Waals surface area (Å²) in [6, 6.07) is 8.86. The molecule has 1 aromatic rings. The Morgan fingerprint density at radius 3 is 2.45 bits per heavy atom. The lowest BCUT2D eigenvalue weighted by molar-refractivity contribution is -0.155. The molecule has 1 fully saturated rings. The van der Waals surface area contributed by atoms with Crippen molar-refractivity contribution in [2.24, 2.45) is 5.92 Å². The molecule has 118 valence electrons. The summed E-state index contributed by atoms with van der Waals surface area (Å²) in [6.07, 6.45) is 3.14. The molecule has 0 aliphatic heterocycles. The molecule has 0 unspecified atom stereocenters. The number of Topliss-reactive ketones (excluding diaryl/α,β-unsaturated/α-hetero) is 1. The average molecular weight is 303 g/mol. The Morgan fingerprint density at radius 2 is 1.91 bits per heavy atom. The van der Waals surface area contributed by atoms with Crippen molar-refractivity contribution >= 4 is 17.7 Å². The minimum atomic E-state index is -0.600. The van der Waals surface area contributed by atoms with Crippen molar-refractivity contribution < 1.29 is 19.1 Å². The van der Waals surface area contributed by atoms with E-state index in [-0.39, 0.29) is 24.3 Å². The van der Waals surface area contributed by atoms with E-state index in [1.807, 2.05) is 30.3 Å². The van der Waals surface area contributed by atoms with Crippen LogP contribution in [0.3, 0.4) is 0 Å². The fourth-order valence-electron chi connectivity index (χ4n) is 2.28. The van der Waals surface area contributed by atoms with Crippen molar-refractivity contribution in [1.82, 2.24) is 5.32 Å². The molecular weight excluding hydrogens is 282 g/mol. The number of benzene rings is 1. The molecule has 2 rings (SSSR count). The quantitative estimate of drug-likeness (QED) is 0.777. The van der Waals surface area contributed by atoms with Gasteiger partial charge in [0.1, 0.15) is 0 Å². The van der Waals surface area contributed by atoms with E-state index in [2.05, 4.69) is 5.32 Å². The van der Waals surface area contributed by atoms with Gasteiger partial charge in [0.25, 0.3) is 5.91 Å². The number of nitrogens with one attached hydrogen (secondary N) is 1. The average Bonchev–Trinajstić information content (AvgIpc) is 2.43. The van der Waals surface area contributed by atoms with Crippen LogP contribution in [-0.4, -0.2) is 30.3 Å². The lowest BCUT2D eigenvalue weighted by Gasteiger charge is -2.23. The highest BCUT2D eigenvalue weighted by molar-refractivity contribution is 5.89. The molecule has 0 heterocycles. The summed E-state index contributed by atoms with van der Waals surface area (Å²) < 4.78 is 4.98. The number of hydrogen-bond donors (Lipinski definition) is 1. The van der Waals surface area contributed by atoms with Crippen LogP contribution < -0.4 is 5.32 Å². The smallest absolute Gasteiger partial charge is 0.309 e. The fraction of sp³-hybridized carbons (Fsp3) is 0.471. The van der Waals surface area contributed by atoms with Crippen LogP contribution in [0.15, 0.2) is 30.3 Å². The van der Waals surface area contributed by atoms with Crippen LogP contribution >= 0.6 is 0 Å². The van der Waals surface area contributed by atoms with Crippen LogP contribution in [-0.2, 0) is 25.5 Å². The highest BCUT2D eigenvalue weighted by Gasteiger charge is 2.27. The molecule has 0 bridgehead atoms. The van der Waals surface area contributed by atoms with E-state index in [1.165, 1.54) is 6.92 Å². The minimum Gasteiger partial charge on any atom is -0.455 e. The summed E-state index contributed by atoms with van der Waals surface area (Å²) in [4.78, 5) is 35.1. The first kappa shape index (κ1) is 16.2. The molecule has 1 aliphatic carbocycles. The maximum absolute atomic E-state index is 11.8. The molecule has 22 heavy (non-hydrogen) atoms. The van der Waals surface area contributed by atoms with Gasteiger partial charge in [-0.25, -0.2) is 0 Å². The van der Waals surface area contributed by atoms with Crippen LogP contribution in [0, 0.1) is 5.92 Å². The second-order valence-electron chi connectivity index (χ2n) is 5.66. The highest BCUT2D eigenvalue weighted by atomic mass is 16.5. The van der Waals surface area contributed by atoms with E-state index in [0.29, 0.717) is 6.42 Å². The van der Waals surface area contributed by atoms with Crippen LogP contribution in [0.2, 0.25) is 0 Å². The zero-order valence-electron chi connectivity index (χ0n) is 12.7. The standard InChI is InChI=1S/C17H21NO4/c1-12(19)15(10-13-6-3-2-4-7-13)18-16(20)11-22-17(21)14-8-5-9-14/h2-4,6-7,14-15H,5,8-11H2,1H3,(H,18,20)/t15-/m1/s1. The number of hydrogen-bond acceptors (Lipinski definition) is 4. The van der Waals surface area contributed by atoms with Gasteiger partial charge in [-0.2, -0.15) is 0 Å². The van der Waals surface area contributed by atoms with Gasteiger partial charge in [0.05, 0.1) is 12.0 Å². The van der Waals surface area contributed by atoms with Crippen molar-refractivity contribution in [3.8, 4) is 0 Å². The first-order chi connectivity index (χ1) is 10.6. The number of carbonyl (C=O) groups excluding carboxylic acids is 3. The van der Waals surface area contributed by atoms with Crippen LogP contribution in [0.1, 0.15) is 31.7 Å². The van der Waals surface area contributed by atoms with Crippen molar-refractivity contribution in [1.29, 1.82) is 0 Å². The van der Waals surface area contributed by atoms with Gasteiger partial charge in [-0.15, -0.1) is 0 Å². The third kappa shape index (κ3) is 4.69. The lowest BCUT2D eigenvalue weighted by atomic mass is 9.86. The Balaban J connectivity index is 1.80. The number of ketones is 1. The van der Waals surface area contributed by atoms with Gasteiger partial charge in [0, 0.05) is 0 Å². The number of rotatable bonds is 7. The van der Waals surface area contributed by atoms with E-state index in [4.69, 9.17) is 4.74 Å². The van der Waals surface area contributed by atoms with E-state index < -0.39 is 11.9 Å². The van der Waals surface area contributed by atoms with Crippen molar-refractivity contribution in [2.45, 2.75) is 38.6 Å². The molecular formula is C17H21NO4. The summed E-state index contributed by atoms with van der Waals surface area (Å²) in [7, 11) is 0. The van der Waals surface area contributed by atoms with E-state index in [0.717, 1.165) is 24.8 Å². The van der Waals surface area contributed by atoms with E-state index in [1.54, 1.807) is 0 Å². The summed E-state index contributed by atoms with van der Waals surface area (Å²) in [6.45, 7) is 1.11. The van der Waals surface area contributed by atoms with Crippen LogP contribution in [0.4, 0.5) is 0 Å². The molecule has 5 nitrogen and oxygen atoms in total. The molecule has 1 saturated carbocycles. The Kier molecular flexibility index (Phi) is 5.69. The number of ether oxygens (including phenoxy) is 1. The highest BCUT2D eigenvalue weighted by Crippen LogP contribution is 2.27. The first-order valence-electron chi connectivity index (χ1n) is 7.56. The van der Waals surface area contributed by atoms with Crippen LogP contribution in [0.25, 0.3) is 0 Å². The van der Waals surface area contributed by atoms with E-state index in [9.17, 15) is 14.4 Å². The van der Waals surface area contributed by atoms with Gasteiger partial charge in [-0.3, -0.25) is 14.4 Å². The molecule has 1 atom stereocenters. The van der Waals surface area contributed by atoms with Gasteiger partial charge in [0.15, 0.2) is 12.4 Å². The minimum absolute atomic E-state index is 0.0549. The Bertz CT molecular complexity index is 537. The third-order valence-electron chi connectivity index (χ3n) is 3.89. The fourth-order valence-corrected chi connectivity index (χ4v) is 2.28. The zero-order chi connectivity index (χ0) is 15.9. The van der Waals surface area contributed by atoms with Gasteiger partial charge < -0.3 is 10.1 Å². The van der Waals surface area contributed by atoms with Crippen molar-refractivity contribution in [2.75, 3.05) is 6.61 Å². The Labute approximate surface area is 130 Å². The zero-order valence-corrected chi connectivity index (χ0v) is 12.7. The maximum Gasteiger partial charge on any atom is 0.309 e. The van der Waals surface area contributed by atoms with Crippen molar-refractivity contribution in [3.05, 3.63) is 35.9 Å². The van der Waals surface area contributed by atoms with Gasteiger partial charge >= 0.3 is 5.97 Å². The van der Waals surface area contributed by atoms with Gasteiger partial charge in [0.2, 0.25) is 0 Å². The molecule has 0 spiro atoms. The van der Waals surface area contributed by atoms with Crippen molar-refractivity contribution in [3.63, 3.8) is 0 Å².